The van der Waals surface area contributed by atoms with Gasteiger partial charge in [0.2, 0.25) is 5.91 Å². The molecule has 1 amide bonds. The monoisotopic (exact) mass is 418 g/mol. The lowest BCUT2D eigenvalue weighted by molar-refractivity contribution is -0.122. The first-order valence-electron chi connectivity index (χ1n) is 10.9. The Hall–Kier alpha value is -3.42. The predicted octanol–water partition coefficient (Wildman–Crippen LogP) is 3.43. The minimum Gasteiger partial charge on any atom is -0.497 e. The van der Waals surface area contributed by atoms with Crippen molar-refractivity contribution < 1.29 is 9.53 Å². The van der Waals surface area contributed by atoms with Gasteiger partial charge < -0.3 is 10.1 Å². The maximum atomic E-state index is 12.4. The number of aryl methyl sites for hydroxylation is 1. The number of carbonyl (C=O) groups excluding carboxylic acids is 1. The third-order valence-electron chi connectivity index (χ3n) is 6.02. The van der Waals surface area contributed by atoms with Crippen molar-refractivity contribution in [3.8, 4) is 17.0 Å². The fraction of sp³-hybridized carbons (Fsp3) is 0.391. The van der Waals surface area contributed by atoms with E-state index >= 15 is 0 Å². The molecule has 0 bridgehead atoms. The number of rotatable bonds is 6. The topological polar surface area (TPSA) is 85.8 Å². The number of nitrogens with one attached hydrogen (secondary N) is 1. The minimum atomic E-state index is 0.0934. The zero-order valence-electron chi connectivity index (χ0n) is 17.6. The third kappa shape index (κ3) is 3.97. The zero-order chi connectivity index (χ0) is 21.2. The van der Waals surface area contributed by atoms with Gasteiger partial charge in [0.15, 0.2) is 5.65 Å². The Labute approximate surface area is 180 Å². The SMILES string of the molecule is COc1ccc(-c2cc3c4nnc(CCC(=O)NC5CCCCC5)n4ccn3n2)cc1. The van der Waals surface area contributed by atoms with Gasteiger partial charge in [0.05, 0.1) is 12.8 Å². The van der Waals surface area contributed by atoms with E-state index in [0.29, 0.717) is 18.9 Å². The number of aromatic nitrogens is 5. The van der Waals surface area contributed by atoms with E-state index in [1.807, 2.05) is 51.6 Å². The fourth-order valence-electron chi connectivity index (χ4n) is 4.31. The van der Waals surface area contributed by atoms with E-state index in [1.54, 1.807) is 7.11 Å². The van der Waals surface area contributed by atoms with Crippen LogP contribution in [-0.2, 0) is 11.2 Å². The van der Waals surface area contributed by atoms with Crippen molar-refractivity contribution in [1.29, 1.82) is 0 Å². The molecule has 5 rings (SSSR count). The number of benzene rings is 1. The molecule has 0 saturated heterocycles. The highest BCUT2D eigenvalue weighted by Gasteiger charge is 2.17. The summed E-state index contributed by atoms with van der Waals surface area (Å²) in [6.07, 6.45) is 10.6. The molecule has 8 nitrogen and oxygen atoms in total. The van der Waals surface area contributed by atoms with E-state index in [4.69, 9.17) is 4.74 Å². The molecule has 1 aliphatic rings. The number of ether oxygens (including phenoxy) is 1. The van der Waals surface area contributed by atoms with Gasteiger partial charge in [-0.1, -0.05) is 19.3 Å². The standard InChI is InChI=1S/C23H26N6O2/c1-31-18-9-7-16(8-10-18)19-15-20-23-26-25-21(28(23)13-14-29(20)27-19)11-12-22(30)24-17-5-3-2-4-6-17/h7-10,13-15,17H,2-6,11-12H2,1H3,(H,24,30). The highest BCUT2D eigenvalue weighted by molar-refractivity contribution is 5.78. The second kappa shape index (κ2) is 8.37. The van der Waals surface area contributed by atoms with Crippen LogP contribution in [-0.4, -0.2) is 43.3 Å². The van der Waals surface area contributed by atoms with Crippen molar-refractivity contribution >= 4 is 17.1 Å². The van der Waals surface area contributed by atoms with Crippen LogP contribution in [0.2, 0.25) is 0 Å². The summed E-state index contributed by atoms with van der Waals surface area (Å²) in [4.78, 5) is 12.4. The molecule has 0 spiro atoms. The summed E-state index contributed by atoms with van der Waals surface area (Å²) in [5.74, 6) is 1.68. The number of carbonyl (C=O) groups is 1. The van der Waals surface area contributed by atoms with Gasteiger partial charge in [-0.2, -0.15) is 5.10 Å². The summed E-state index contributed by atoms with van der Waals surface area (Å²) in [6.45, 7) is 0. The van der Waals surface area contributed by atoms with E-state index in [-0.39, 0.29) is 5.91 Å². The number of amides is 1. The molecule has 1 aliphatic carbocycles. The van der Waals surface area contributed by atoms with Crippen LogP contribution in [0.5, 0.6) is 5.75 Å². The van der Waals surface area contributed by atoms with Crippen molar-refractivity contribution in [3.05, 3.63) is 48.5 Å². The molecule has 1 N–H and O–H groups in total. The summed E-state index contributed by atoms with van der Waals surface area (Å²) < 4.78 is 8.99. The van der Waals surface area contributed by atoms with Crippen LogP contribution in [0, 0.1) is 0 Å². The Morgan fingerprint density at radius 3 is 2.71 bits per heavy atom. The molecule has 160 valence electrons. The number of hydrogen-bond donors (Lipinski definition) is 1. The minimum absolute atomic E-state index is 0.0934. The zero-order valence-corrected chi connectivity index (χ0v) is 17.6. The lowest BCUT2D eigenvalue weighted by Gasteiger charge is -2.22. The molecule has 0 atom stereocenters. The molecular weight excluding hydrogens is 392 g/mol. The van der Waals surface area contributed by atoms with Gasteiger partial charge in [0, 0.05) is 36.8 Å². The first kappa shape index (κ1) is 19.5. The van der Waals surface area contributed by atoms with Crippen molar-refractivity contribution in [2.75, 3.05) is 7.11 Å². The molecule has 0 radical (unpaired) electrons. The molecule has 0 unspecified atom stereocenters. The molecule has 1 fully saturated rings. The predicted molar refractivity (Wildman–Crippen MR) is 117 cm³/mol. The summed E-state index contributed by atoms with van der Waals surface area (Å²) in [5.41, 5.74) is 3.46. The molecular formula is C23H26N6O2. The van der Waals surface area contributed by atoms with Crippen LogP contribution >= 0.6 is 0 Å². The molecule has 3 heterocycles. The van der Waals surface area contributed by atoms with Gasteiger partial charge in [-0.3, -0.25) is 9.20 Å². The van der Waals surface area contributed by atoms with E-state index < -0.39 is 0 Å². The Kier molecular flexibility index (Phi) is 5.28. The van der Waals surface area contributed by atoms with Crippen LogP contribution < -0.4 is 10.1 Å². The van der Waals surface area contributed by atoms with Gasteiger partial charge in [0.1, 0.15) is 17.1 Å². The molecule has 3 aromatic heterocycles. The van der Waals surface area contributed by atoms with Crippen molar-refractivity contribution in [2.45, 2.75) is 51.0 Å². The number of nitrogens with zero attached hydrogens (tertiary/aromatic N) is 5. The molecule has 8 heteroatoms. The Balaban J connectivity index is 1.34. The normalized spacial score (nSPS) is 14.9. The van der Waals surface area contributed by atoms with E-state index in [1.165, 1.54) is 19.3 Å². The van der Waals surface area contributed by atoms with E-state index in [2.05, 4.69) is 20.6 Å². The van der Waals surface area contributed by atoms with Crippen LogP contribution in [0.15, 0.2) is 42.7 Å². The van der Waals surface area contributed by atoms with Crippen LogP contribution in [0.25, 0.3) is 22.4 Å². The van der Waals surface area contributed by atoms with Gasteiger partial charge in [0.25, 0.3) is 0 Å². The second-order valence-corrected chi connectivity index (χ2v) is 8.10. The van der Waals surface area contributed by atoms with Gasteiger partial charge >= 0.3 is 0 Å². The molecule has 1 saturated carbocycles. The molecule has 1 aromatic carbocycles. The fourth-order valence-corrected chi connectivity index (χ4v) is 4.31. The van der Waals surface area contributed by atoms with Gasteiger partial charge in [-0.25, -0.2) is 4.52 Å². The van der Waals surface area contributed by atoms with Crippen LogP contribution in [0.4, 0.5) is 0 Å². The average Bonchev–Trinajstić information content (AvgIpc) is 3.42. The van der Waals surface area contributed by atoms with E-state index in [0.717, 1.165) is 46.8 Å². The molecule has 4 aromatic rings. The van der Waals surface area contributed by atoms with Crippen molar-refractivity contribution in [2.24, 2.45) is 0 Å². The largest absolute Gasteiger partial charge is 0.497 e. The molecule has 0 aliphatic heterocycles. The van der Waals surface area contributed by atoms with Crippen molar-refractivity contribution in [1.82, 2.24) is 29.5 Å². The Bertz CT molecular complexity index is 1200. The second-order valence-electron chi connectivity index (χ2n) is 8.10. The maximum absolute atomic E-state index is 12.4. The maximum Gasteiger partial charge on any atom is 0.220 e. The van der Waals surface area contributed by atoms with Crippen LogP contribution in [0.1, 0.15) is 44.3 Å². The Morgan fingerprint density at radius 1 is 1.13 bits per heavy atom. The summed E-state index contributed by atoms with van der Waals surface area (Å²) in [7, 11) is 1.65. The number of fused-ring (bicyclic) bond motifs is 3. The van der Waals surface area contributed by atoms with Gasteiger partial charge in [-0.05, 0) is 43.2 Å². The summed E-state index contributed by atoms with van der Waals surface area (Å²) in [6, 6.07) is 10.1. The third-order valence-corrected chi connectivity index (χ3v) is 6.02. The first-order valence-corrected chi connectivity index (χ1v) is 10.9. The quantitative estimate of drug-likeness (QED) is 0.518. The smallest absolute Gasteiger partial charge is 0.220 e. The highest BCUT2D eigenvalue weighted by Crippen LogP contribution is 2.24. The molecule has 31 heavy (non-hydrogen) atoms. The van der Waals surface area contributed by atoms with E-state index in [9.17, 15) is 4.79 Å². The summed E-state index contributed by atoms with van der Waals surface area (Å²) >= 11 is 0. The highest BCUT2D eigenvalue weighted by atomic mass is 16.5. The van der Waals surface area contributed by atoms with Crippen molar-refractivity contribution in [3.63, 3.8) is 0 Å². The van der Waals surface area contributed by atoms with Crippen LogP contribution in [0.3, 0.4) is 0 Å². The number of hydrogen-bond acceptors (Lipinski definition) is 5. The Morgan fingerprint density at radius 2 is 1.94 bits per heavy atom. The lowest BCUT2D eigenvalue weighted by atomic mass is 9.95. The first-order chi connectivity index (χ1) is 15.2. The average molecular weight is 419 g/mol. The van der Waals surface area contributed by atoms with Gasteiger partial charge in [-0.15, -0.1) is 10.2 Å². The lowest BCUT2D eigenvalue weighted by Crippen LogP contribution is -2.36. The summed E-state index contributed by atoms with van der Waals surface area (Å²) in [5, 5.41) is 16.6. The number of methoxy groups -OCH3 is 1.